The molecular weight excluding hydrogens is 403 g/mol. The van der Waals surface area contributed by atoms with Crippen molar-refractivity contribution in [3.8, 4) is 11.5 Å². The molecule has 0 aliphatic carbocycles. The Labute approximate surface area is 177 Å². The van der Waals surface area contributed by atoms with Gasteiger partial charge in [0.15, 0.2) is 17.2 Å². The molecule has 2 aliphatic heterocycles. The van der Waals surface area contributed by atoms with E-state index in [0.717, 1.165) is 5.56 Å². The van der Waals surface area contributed by atoms with Gasteiger partial charge >= 0.3 is 0 Å². The normalized spacial score (nSPS) is 14.5. The number of nitrogens with one attached hydrogen (secondary N) is 1. The number of nitrogens with zero attached hydrogens (tertiary/aromatic N) is 3. The van der Waals surface area contributed by atoms with Crippen LogP contribution in [-0.4, -0.2) is 39.8 Å². The lowest BCUT2D eigenvalue weighted by Crippen LogP contribution is -2.40. The molecule has 5 rings (SSSR count). The summed E-state index contributed by atoms with van der Waals surface area (Å²) in [4.78, 5) is 27.0. The minimum absolute atomic E-state index is 0.164. The van der Waals surface area contributed by atoms with Gasteiger partial charge in [-0.15, -0.1) is 0 Å². The maximum absolute atomic E-state index is 14.0. The van der Waals surface area contributed by atoms with Crippen LogP contribution in [0.5, 0.6) is 11.5 Å². The number of carbonyl (C=O) groups is 2. The van der Waals surface area contributed by atoms with Gasteiger partial charge < -0.3 is 19.7 Å². The molecule has 158 valence electrons. The van der Waals surface area contributed by atoms with Crippen LogP contribution in [0.4, 0.5) is 4.39 Å². The van der Waals surface area contributed by atoms with Crippen molar-refractivity contribution in [2.24, 2.45) is 0 Å². The highest BCUT2D eigenvalue weighted by Gasteiger charge is 2.28. The summed E-state index contributed by atoms with van der Waals surface area (Å²) in [5.74, 6) is 0.308. The van der Waals surface area contributed by atoms with E-state index >= 15 is 0 Å². The molecule has 1 aromatic heterocycles. The second-order valence-corrected chi connectivity index (χ2v) is 7.33. The van der Waals surface area contributed by atoms with Gasteiger partial charge in [0, 0.05) is 31.3 Å². The molecule has 0 radical (unpaired) electrons. The molecule has 0 saturated heterocycles. The van der Waals surface area contributed by atoms with Crippen LogP contribution >= 0.6 is 0 Å². The third-order valence-corrected chi connectivity index (χ3v) is 5.31. The molecular formula is C22H19FN4O4. The van der Waals surface area contributed by atoms with E-state index in [1.54, 1.807) is 29.2 Å². The maximum atomic E-state index is 14.0. The topological polar surface area (TPSA) is 85.7 Å². The van der Waals surface area contributed by atoms with E-state index in [4.69, 9.17) is 9.47 Å². The van der Waals surface area contributed by atoms with E-state index in [0.29, 0.717) is 35.8 Å². The summed E-state index contributed by atoms with van der Waals surface area (Å²) < 4.78 is 26.1. The smallest absolute Gasteiger partial charge is 0.272 e. The molecule has 31 heavy (non-hydrogen) atoms. The van der Waals surface area contributed by atoms with E-state index in [1.165, 1.54) is 16.8 Å². The maximum Gasteiger partial charge on any atom is 0.272 e. The average molecular weight is 422 g/mol. The monoisotopic (exact) mass is 422 g/mol. The molecule has 0 spiro atoms. The second kappa shape index (κ2) is 7.75. The largest absolute Gasteiger partial charge is 0.454 e. The van der Waals surface area contributed by atoms with Gasteiger partial charge in [-0.2, -0.15) is 5.10 Å². The Morgan fingerprint density at radius 2 is 1.94 bits per heavy atom. The lowest BCUT2D eigenvalue weighted by atomic mass is 10.1. The fourth-order valence-corrected chi connectivity index (χ4v) is 3.66. The first-order chi connectivity index (χ1) is 15.1. The van der Waals surface area contributed by atoms with Crippen molar-refractivity contribution in [1.29, 1.82) is 0 Å². The fourth-order valence-electron chi connectivity index (χ4n) is 3.66. The zero-order valence-corrected chi connectivity index (χ0v) is 16.5. The molecule has 2 aromatic carbocycles. The molecule has 3 aromatic rings. The van der Waals surface area contributed by atoms with Gasteiger partial charge in [-0.05, 0) is 23.8 Å². The number of halogens is 1. The van der Waals surface area contributed by atoms with E-state index in [1.807, 2.05) is 12.1 Å². The highest BCUT2D eigenvalue weighted by molar-refractivity contribution is 5.98. The second-order valence-electron chi connectivity index (χ2n) is 7.33. The highest BCUT2D eigenvalue weighted by Crippen LogP contribution is 2.32. The summed E-state index contributed by atoms with van der Waals surface area (Å²) in [5.41, 5.74) is 1.78. The molecule has 3 heterocycles. The van der Waals surface area contributed by atoms with Crippen molar-refractivity contribution in [3.05, 3.63) is 76.9 Å². The van der Waals surface area contributed by atoms with E-state index in [-0.39, 0.29) is 43.2 Å². The van der Waals surface area contributed by atoms with Crippen LogP contribution in [0.25, 0.3) is 0 Å². The number of rotatable bonds is 5. The summed E-state index contributed by atoms with van der Waals surface area (Å²) in [6.07, 6.45) is 0. The van der Waals surface area contributed by atoms with Crippen molar-refractivity contribution in [1.82, 2.24) is 20.0 Å². The van der Waals surface area contributed by atoms with Gasteiger partial charge in [0.05, 0.1) is 6.54 Å². The Morgan fingerprint density at radius 3 is 2.81 bits per heavy atom. The van der Waals surface area contributed by atoms with Crippen LogP contribution in [0.2, 0.25) is 0 Å². The number of benzene rings is 2. The number of aromatic nitrogens is 2. The quantitative estimate of drug-likeness (QED) is 0.682. The zero-order valence-electron chi connectivity index (χ0n) is 16.5. The number of fused-ring (bicyclic) bond motifs is 2. The number of ether oxygens (including phenoxy) is 2. The van der Waals surface area contributed by atoms with Crippen molar-refractivity contribution in [2.75, 3.05) is 13.3 Å². The van der Waals surface area contributed by atoms with Gasteiger partial charge in [-0.1, -0.05) is 24.3 Å². The number of hydrogen-bond donors (Lipinski definition) is 1. The van der Waals surface area contributed by atoms with Crippen molar-refractivity contribution >= 4 is 11.8 Å². The van der Waals surface area contributed by atoms with Crippen LogP contribution in [0.15, 0.2) is 48.5 Å². The number of hydrogen-bond acceptors (Lipinski definition) is 5. The molecule has 8 nitrogen and oxygen atoms in total. The predicted molar refractivity (Wildman–Crippen MR) is 107 cm³/mol. The third-order valence-electron chi connectivity index (χ3n) is 5.31. The molecule has 1 N–H and O–H groups in total. The SMILES string of the molecule is O=C(NCc1ccc2c(c1)OCO2)c1cc2n(n1)CCN(Cc1ccccc1F)C2=O. The molecule has 0 fully saturated rings. The van der Waals surface area contributed by atoms with Gasteiger partial charge in [-0.25, -0.2) is 4.39 Å². The fraction of sp³-hybridized carbons (Fsp3) is 0.227. The Kier molecular flexibility index (Phi) is 4.78. The Hall–Kier alpha value is -3.88. The molecule has 0 atom stereocenters. The van der Waals surface area contributed by atoms with Crippen LogP contribution in [-0.2, 0) is 19.6 Å². The minimum atomic E-state index is -0.381. The summed E-state index contributed by atoms with van der Waals surface area (Å²) in [6, 6.07) is 13.3. The van der Waals surface area contributed by atoms with Crippen molar-refractivity contribution < 1.29 is 23.5 Å². The molecule has 2 amide bonds. The van der Waals surface area contributed by atoms with E-state index in [2.05, 4.69) is 10.4 Å². The first-order valence-electron chi connectivity index (χ1n) is 9.86. The first-order valence-corrected chi connectivity index (χ1v) is 9.86. The third kappa shape index (κ3) is 3.70. The van der Waals surface area contributed by atoms with E-state index < -0.39 is 0 Å². The summed E-state index contributed by atoms with van der Waals surface area (Å²) in [6.45, 7) is 1.46. The molecule has 9 heteroatoms. The molecule has 2 aliphatic rings. The summed E-state index contributed by atoms with van der Waals surface area (Å²) in [5, 5.41) is 7.07. The number of amides is 2. The highest BCUT2D eigenvalue weighted by atomic mass is 19.1. The summed E-state index contributed by atoms with van der Waals surface area (Å²) >= 11 is 0. The Morgan fingerprint density at radius 1 is 1.10 bits per heavy atom. The lowest BCUT2D eigenvalue weighted by molar-refractivity contribution is 0.0681. The molecule has 0 unspecified atom stereocenters. The van der Waals surface area contributed by atoms with Crippen LogP contribution in [0.3, 0.4) is 0 Å². The van der Waals surface area contributed by atoms with Crippen LogP contribution in [0, 0.1) is 5.82 Å². The van der Waals surface area contributed by atoms with Gasteiger partial charge in [0.1, 0.15) is 11.5 Å². The first kappa shape index (κ1) is 19.1. The van der Waals surface area contributed by atoms with E-state index in [9.17, 15) is 14.0 Å². The Balaban J connectivity index is 1.26. The zero-order chi connectivity index (χ0) is 21.4. The Bertz CT molecular complexity index is 1180. The van der Waals surface area contributed by atoms with Gasteiger partial charge in [0.25, 0.3) is 11.8 Å². The minimum Gasteiger partial charge on any atom is -0.454 e. The molecule has 0 saturated carbocycles. The molecule has 0 bridgehead atoms. The average Bonchev–Trinajstić information content (AvgIpc) is 3.42. The van der Waals surface area contributed by atoms with Crippen molar-refractivity contribution in [2.45, 2.75) is 19.6 Å². The van der Waals surface area contributed by atoms with Crippen molar-refractivity contribution in [3.63, 3.8) is 0 Å². The van der Waals surface area contributed by atoms with Gasteiger partial charge in [0.2, 0.25) is 6.79 Å². The van der Waals surface area contributed by atoms with Gasteiger partial charge in [-0.3, -0.25) is 14.3 Å². The number of carbonyl (C=O) groups excluding carboxylic acids is 2. The van der Waals surface area contributed by atoms with Crippen LogP contribution in [0.1, 0.15) is 32.1 Å². The lowest BCUT2D eigenvalue weighted by Gasteiger charge is -2.27. The van der Waals surface area contributed by atoms with Crippen LogP contribution < -0.4 is 14.8 Å². The summed E-state index contributed by atoms with van der Waals surface area (Å²) in [7, 11) is 0. The predicted octanol–water partition coefficient (Wildman–Crippen LogP) is 2.34. The standard InChI is InChI=1S/C22H19FN4O4/c23-16-4-2-1-3-15(16)12-26-7-8-27-18(22(26)29)10-17(25-27)21(28)24-11-14-5-6-19-20(9-14)31-13-30-19/h1-6,9-10H,7-8,11-13H2,(H,24,28).